The Morgan fingerprint density at radius 2 is 1.32 bits per heavy atom. The van der Waals surface area contributed by atoms with Crippen molar-refractivity contribution in [2.24, 2.45) is 0 Å². The Labute approximate surface area is 236 Å². The monoisotopic (exact) mass is 571 g/mol. The van der Waals surface area contributed by atoms with Crippen LogP contribution in [0.3, 0.4) is 0 Å². The number of phosphoric acid groups is 1. The Hall–Kier alpha value is -2.72. The SMILES string of the molecule is COCC(=O)C(C[N+](C)(C)C)OP(=O)([O-])OC[C@H](O)COC(c1ccccc1)(c1ccccc1)c1ccccc1. The number of rotatable bonds is 16. The molecule has 40 heavy (non-hydrogen) atoms. The molecule has 0 saturated carbocycles. The first-order valence-corrected chi connectivity index (χ1v) is 14.4. The van der Waals surface area contributed by atoms with Crippen LogP contribution in [0.5, 0.6) is 0 Å². The molecule has 9 nitrogen and oxygen atoms in total. The van der Waals surface area contributed by atoms with Crippen LogP contribution in [-0.4, -0.2) is 82.2 Å². The molecule has 0 amide bonds. The van der Waals surface area contributed by atoms with Gasteiger partial charge in [-0.25, -0.2) is 0 Å². The zero-order valence-corrected chi connectivity index (χ0v) is 24.2. The third-order valence-electron chi connectivity index (χ3n) is 6.07. The maximum absolute atomic E-state index is 12.6. The van der Waals surface area contributed by atoms with Gasteiger partial charge in [-0.05, 0) is 16.7 Å². The first-order chi connectivity index (χ1) is 19.0. The standard InChI is InChI=1S/C30H38NO8P/c1-31(2,3)20-29(28(33)23-36-4)39-40(34,35)38-22-27(32)21-37-30(24-14-8-5-9-15-24,25-16-10-6-11-17-25)26-18-12-7-13-19-26/h5-19,27,29,32H,20-23H2,1-4H3/t27-,29?/m1/s1. The number of aliphatic hydroxyl groups excluding tert-OH is 1. The number of carbonyl (C=O) groups is 1. The van der Waals surface area contributed by atoms with Gasteiger partial charge in [0.05, 0.1) is 34.4 Å². The van der Waals surface area contributed by atoms with Gasteiger partial charge in [0.25, 0.3) is 7.82 Å². The van der Waals surface area contributed by atoms with Gasteiger partial charge in [0, 0.05) is 7.11 Å². The van der Waals surface area contributed by atoms with E-state index in [9.17, 15) is 19.4 Å². The number of likely N-dealkylation sites (N-methyl/N-ethyl adjacent to an activating group) is 1. The van der Waals surface area contributed by atoms with Crippen LogP contribution in [0.25, 0.3) is 0 Å². The largest absolute Gasteiger partial charge is 0.756 e. The van der Waals surface area contributed by atoms with Crippen molar-refractivity contribution >= 4 is 13.6 Å². The predicted octanol–water partition coefficient (Wildman–Crippen LogP) is 3.15. The van der Waals surface area contributed by atoms with E-state index >= 15 is 0 Å². The molecule has 0 aliphatic carbocycles. The minimum atomic E-state index is -4.96. The van der Waals surface area contributed by atoms with E-state index in [4.69, 9.17) is 18.5 Å². The number of nitrogens with zero attached hydrogens (tertiary/aromatic N) is 1. The summed E-state index contributed by atoms with van der Waals surface area (Å²) in [7, 11) is 1.78. The fourth-order valence-electron chi connectivity index (χ4n) is 4.33. The Bertz CT molecular complexity index is 1140. The molecule has 216 valence electrons. The van der Waals surface area contributed by atoms with E-state index in [1.807, 2.05) is 91.0 Å². The first-order valence-electron chi connectivity index (χ1n) is 12.9. The molecule has 10 heteroatoms. The number of methoxy groups -OCH3 is 1. The molecule has 2 unspecified atom stereocenters. The summed E-state index contributed by atoms with van der Waals surface area (Å²) in [6, 6.07) is 28.8. The van der Waals surface area contributed by atoms with Crippen molar-refractivity contribution in [1.29, 1.82) is 0 Å². The molecule has 0 aromatic heterocycles. The molecular formula is C30H38NO8P. The average molecular weight is 572 g/mol. The summed E-state index contributed by atoms with van der Waals surface area (Å²) in [6.07, 6.45) is -2.62. The second kappa shape index (κ2) is 14.3. The summed E-state index contributed by atoms with van der Waals surface area (Å²) in [6.45, 7) is -1.10. The van der Waals surface area contributed by atoms with Crippen LogP contribution in [0.15, 0.2) is 91.0 Å². The molecule has 3 rings (SSSR count). The summed E-state index contributed by atoms with van der Waals surface area (Å²) >= 11 is 0. The number of hydrogen-bond acceptors (Lipinski definition) is 8. The fraction of sp³-hybridized carbons (Fsp3) is 0.367. The number of phosphoric ester groups is 1. The van der Waals surface area contributed by atoms with E-state index in [1.165, 1.54) is 7.11 Å². The Kier molecular flexibility index (Phi) is 11.3. The number of benzene rings is 3. The van der Waals surface area contributed by atoms with Crippen LogP contribution in [0, 0.1) is 0 Å². The third-order valence-corrected chi connectivity index (χ3v) is 7.05. The third kappa shape index (κ3) is 8.89. The molecule has 0 spiro atoms. The number of Topliss-reactive ketones (excluding diaryl/α,β-unsaturated/α-hetero) is 1. The van der Waals surface area contributed by atoms with Crippen molar-refractivity contribution < 1.29 is 42.4 Å². The molecule has 0 heterocycles. The fourth-order valence-corrected chi connectivity index (χ4v) is 5.24. The van der Waals surface area contributed by atoms with E-state index in [0.717, 1.165) is 16.7 Å². The van der Waals surface area contributed by atoms with Gasteiger partial charge in [-0.2, -0.15) is 0 Å². The zero-order chi connectivity index (χ0) is 29.2. The van der Waals surface area contributed by atoms with Crippen molar-refractivity contribution in [3.8, 4) is 0 Å². The van der Waals surface area contributed by atoms with Crippen LogP contribution < -0.4 is 4.89 Å². The minimum absolute atomic E-state index is 0.0806. The van der Waals surface area contributed by atoms with Crippen LogP contribution >= 0.6 is 7.82 Å². The maximum atomic E-state index is 12.6. The molecule has 3 atom stereocenters. The molecular weight excluding hydrogens is 533 g/mol. The molecule has 0 fully saturated rings. The first kappa shape index (κ1) is 31.8. The topological polar surface area (TPSA) is 114 Å². The highest BCUT2D eigenvalue weighted by molar-refractivity contribution is 7.45. The number of carbonyl (C=O) groups excluding carboxylic acids is 1. The van der Waals surface area contributed by atoms with E-state index in [2.05, 4.69) is 0 Å². The normalized spacial score (nSPS) is 15.2. The van der Waals surface area contributed by atoms with Crippen LogP contribution in [-0.2, 0) is 33.5 Å². The molecule has 0 bridgehead atoms. The summed E-state index contributed by atoms with van der Waals surface area (Å²) < 4.78 is 34.4. The van der Waals surface area contributed by atoms with E-state index in [1.54, 1.807) is 21.1 Å². The summed E-state index contributed by atoms with van der Waals surface area (Å²) in [5.41, 5.74) is 1.40. The smallest absolute Gasteiger partial charge is 0.268 e. The lowest BCUT2D eigenvalue weighted by molar-refractivity contribution is -0.872. The lowest BCUT2D eigenvalue weighted by Gasteiger charge is -2.37. The average Bonchev–Trinajstić information content (AvgIpc) is 2.93. The highest BCUT2D eigenvalue weighted by Gasteiger charge is 2.38. The van der Waals surface area contributed by atoms with E-state index < -0.39 is 38.0 Å². The Morgan fingerprint density at radius 3 is 1.73 bits per heavy atom. The van der Waals surface area contributed by atoms with Gasteiger partial charge in [-0.15, -0.1) is 0 Å². The molecule has 1 N–H and O–H groups in total. The van der Waals surface area contributed by atoms with Gasteiger partial charge < -0.3 is 33.0 Å². The predicted molar refractivity (Wildman–Crippen MR) is 149 cm³/mol. The lowest BCUT2D eigenvalue weighted by atomic mass is 9.80. The molecule has 3 aromatic rings. The number of hydrogen-bond donors (Lipinski definition) is 1. The summed E-state index contributed by atoms with van der Waals surface area (Å²) in [5, 5.41) is 10.8. The van der Waals surface area contributed by atoms with Crippen LogP contribution in [0.4, 0.5) is 0 Å². The highest BCUT2D eigenvalue weighted by atomic mass is 31.2. The maximum Gasteiger partial charge on any atom is 0.268 e. The number of ether oxygens (including phenoxy) is 2. The second-order valence-corrected chi connectivity index (χ2v) is 11.8. The van der Waals surface area contributed by atoms with Gasteiger partial charge in [0.15, 0.2) is 11.9 Å². The quantitative estimate of drug-likeness (QED) is 0.159. The minimum Gasteiger partial charge on any atom is -0.756 e. The van der Waals surface area contributed by atoms with Crippen LogP contribution in [0.2, 0.25) is 0 Å². The lowest BCUT2D eigenvalue weighted by Crippen LogP contribution is -2.46. The van der Waals surface area contributed by atoms with Crippen molar-refractivity contribution in [2.45, 2.75) is 17.8 Å². The van der Waals surface area contributed by atoms with E-state index in [-0.39, 0.29) is 24.2 Å². The summed E-state index contributed by atoms with van der Waals surface area (Å²) in [5.74, 6) is -0.530. The molecule has 0 saturated heterocycles. The van der Waals surface area contributed by atoms with Gasteiger partial charge in [0.1, 0.15) is 24.9 Å². The van der Waals surface area contributed by atoms with Crippen molar-refractivity contribution in [2.75, 3.05) is 54.6 Å². The van der Waals surface area contributed by atoms with E-state index in [0.29, 0.717) is 0 Å². The van der Waals surface area contributed by atoms with Crippen molar-refractivity contribution in [1.82, 2.24) is 0 Å². The van der Waals surface area contributed by atoms with Gasteiger partial charge >= 0.3 is 0 Å². The second-order valence-electron chi connectivity index (χ2n) is 10.5. The van der Waals surface area contributed by atoms with Crippen molar-refractivity contribution in [3.05, 3.63) is 108 Å². The number of aliphatic hydroxyl groups is 1. The molecule has 0 aliphatic rings. The van der Waals surface area contributed by atoms with Crippen LogP contribution in [0.1, 0.15) is 16.7 Å². The zero-order valence-electron chi connectivity index (χ0n) is 23.3. The Balaban J connectivity index is 1.79. The van der Waals surface area contributed by atoms with Crippen molar-refractivity contribution in [3.63, 3.8) is 0 Å². The number of ketones is 1. The molecule has 3 aromatic carbocycles. The summed E-state index contributed by atoms with van der Waals surface area (Å²) in [4.78, 5) is 25.0. The Morgan fingerprint density at radius 1 is 0.875 bits per heavy atom. The highest BCUT2D eigenvalue weighted by Crippen LogP contribution is 2.42. The van der Waals surface area contributed by atoms with Gasteiger partial charge in [0.2, 0.25) is 0 Å². The van der Waals surface area contributed by atoms with Gasteiger partial charge in [-0.3, -0.25) is 9.36 Å². The molecule has 0 aliphatic heterocycles. The van der Waals surface area contributed by atoms with Gasteiger partial charge in [-0.1, -0.05) is 91.0 Å². The molecule has 0 radical (unpaired) electrons. The number of quaternary nitrogens is 1.